The van der Waals surface area contributed by atoms with Gasteiger partial charge >= 0.3 is 12.1 Å². The molecule has 0 bridgehead atoms. The summed E-state index contributed by atoms with van der Waals surface area (Å²) in [5.41, 5.74) is 1.14. The quantitative estimate of drug-likeness (QED) is 0.317. The van der Waals surface area contributed by atoms with Gasteiger partial charge in [0.05, 0.1) is 17.5 Å². The second kappa shape index (κ2) is 12.4. The number of pyridine rings is 1. The average molecular weight is 584 g/mol. The van der Waals surface area contributed by atoms with E-state index in [1.807, 2.05) is 0 Å². The number of carbonyl (C=O) groups excluding carboxylic acids is 1. The third kappa shape index (κ3) is 6.91. The molecule has 0 spiro atoms. The smallest absolute Gasteiger partial charge is 0.433 e. The minimum atomic E-state index is -4.49. The molecule has 1 amide bonds. The molecule has 1 unspecified atom stereocenters. The summed E-state index contributed by atoms with van der Waals surface area (Å²) in [6.45, 7) is 0.512. The van der Waals surface area contributed by atoms with E-state index in [1.54, 1.807) is 30.3 Å². The molecule has 1 aliphatic carbocycles. The number of amides is 1. The number of halogens is 4. The maximum absolute atomic E-state index is 13.0. The Bertz CT molecular complexity index is 1410. The number of carboxylic acid groups (broad SMARTS) is 1. The number of rotatable bonds is 8. The molecule has 3 aromatic rings. The van der Waals surface area contributed by atoms with E-state index in [9.17, 15) is 27.9 Å². The van der Waals surface area contributed by atoms with E-state index in [1.165, 1.54) is 12.1 Å². The number of hydrogen-bond donors (Lipinski definition) is 2. The standard InChI is InChI=1S/C28H24ClF3N2O5.Na/c29-21-13-20-19(27(36)37)10-12-38-22(20)14-23(21)39-18-6-3-17(4-7-18)26(35)33-11-9-16-5-8-24(28(30,31)32)34-25(16)15-1-2-15;/h3-8,13-15,19H,1-2,9-12H2,(H,33,35)(H,36,37);. The molecule has 5 rings (SSSR count). The van der Waals surface area contributed by atoms with E-state index in [0.29, 0.717) is 46.7 Å². The number of carbonyl (C=O) groups is 2. The fraction of sp³-hybridized carbons (Fsp3) is 0.321. The topological polar surface area (TPSA) is 97.8 Å². The van der Waals surface area contributed by atoms with E-state index in [4.69, 9.17) is 21.1 Å². The summed E-state index contributed by atoms with van der Waals surface area (Å²) in [7, 11) is 0. The van der Waals surface area contributed by atoms with Crippen molar-refractivity contribution in [2.24, 2.45) is 0 Å². The van der Waals surface area contributed by atoms with Crippen molar-refractivity contribution in [1.82, 2.24) is 10.3 Å². The molecule has 40 heavy (non-hydrogen) atoms. The molecule has 7 nitrogen and oxygen atoms in total. The molecular formula is C28H24ClF3N2NaO5. The Kier molecular flexibility index (Phi) is 9.34. The third-order valence-corrected chi connectivity index (χ3v) is 6.99. The van der Waals surface area contributed by atoms with Crippen molar-refractivity contribution < 1.29 is 37.3 Å². The van der Waals surface area contributed by atoms with Crippen LogP contribution in [0.25, 0.3) is 0 Å². The summed E-state index contributed by atoms with van der Waals surface area (Å²) in [5.74, 6) is -0.851. The van der Waals surface area contributed by atoms with Gasteiger partial charge in [-0.1, -0.05) is 17.7 Å². The van der Waals surface area contributed by atoms with Gasteiger partial charge in [0, 0.05) is 64.9 Å². The van der Waals surface area contributed by atoms with Gasteiger partial charge in [0.1, 0.15) is 22.9 Å². The van der Waals surface area contributed by atoms with Crippen LogP contribution in [-0.2, 0) is 17.4 Å². The zero-order valence-corrected chi connectivity index (χ0v) is 24.3. The van der Waals surface area contributed by atoms with Crippen molar-refractivity contribution in [3.8, 4) is 17.2 Å². The van der Waals surface area contributed by atoms with Crippen LogP contribution in [0, 0.1) is 0 Å². The molecule has 1 fully saturated rings. The maximum atomic E-state index is 13.0. The Labute approximate surface area is 255 Å². The number of aromatic nitrogens is 1. The largest absolute Gasteiger partial charge is 0.493 e. The first-order chi connectivity index (χ1) is 18.6. The van der Waals surface area contributed by atoms with Gasteiger partial charge < -0.3 is 19.9 Å². The number of nitrogens with zero attached hydrogens (tertiary/aromatic N) is 1. The van der Waals surface area contributed by atoms with Crippen LogP contribution in [0.1, 0.15) is 64.0 Å². The molecule has 205 valence electrons. The van der Waals surface area contributed by atoms with E-state index < -0.39 is 23.8 Å². The molecule has 12 heteroatoms. The second-order valence-electron chi connectivity index (χ2n) is 9.49. The summed E-state index contributed by atoms with van der Waals surface area (Å²) in [5, 5.41) is 12.5. The zero-order valence-electron chi connectivity index (χ0n) is 21.6. The van der Waals surface area contributed by atoms with Gasteiger partial charge in [0.2, 0.25) is 0 Å². The SMILES string of the molecule is O=C(NCCc1ccc(C(F)(F)F)nc1C1CC1)c1ccc(Oc2cc3c(cc2Cl)C(C(=O)O)CCO3)cc1.[Na]. The predicted octanol–water partition coefficient (Wildman–Crippen LogP) is 5.97. The summed E-state index contributed by atoms with van der Waals surface area (Å²) in [4.78, 5) is 28.0. The molecular weight excluding hydrogens is 560 g/mol. The van der Waals surface area contributed by atoms with Crippen LogP contribution >= 0.6 is 11.6 Å². The Morgan fingerprint density at radius 1 is 1.10 bits per heavy atom. The number of alkyl halides is 3. The van der Waals surface area contributed by atoms with Crippen molar-refractivity contribution in [3.63, 3.8) is 0 Å². The Morgan fingerprint density at radius 2 is 1.82 bits per heavy atom. The summed E-state index contributed by atoms with van der Waals surface area (Å²) < 4.78 is 50.6. The van der Waals surface area contributed by atoms with Gasteiger partial charge in [-0.25, -0.2) is 4.98 Å². The molecule has 2 heterocycles. The summed E-state index contributed by atoms with van der Waals surface area (Å²) >= 11 is 6.34. The van der Waals surface area contributed by atoms with Crippen molar-refractivity contribution in [2.75, 3.05) is 13.2 Å². The van der Waals surface area contributed by atoms with Gasteiger partial charge in [-0.3, -0.25) is 9.59 Å². The van der Waals surface area contributed by atoms with Gasteiger partial charge in [-0.15, -0.1) is 0 Å². The van der Waals surface area contributed by atoms with Gasteiger partial charge in [-0.2, -0.15) is 13.2 Å². The first kappa shape index (κ1) is 30.2. The number of ether oxygens (including phenoxy) is 2. The van der Waals surface area contributed by atoms with Crippen LogP contribution in [-0.4, -0.2) is 64.7 Å². The van der Waals surface area contributed by atoms with Crippen molar-refractivity contribution in [1.29, 1.82) is 0 Å². The van der Waals surface area contributed by atoms with Crippen molar-refractivity contribution >= 4 is 53.0 Å². The number of benzene rings is 2. The first-order valence-corrected chi connectivity index (χ1v) is 12.8. The van der Waals surface area contributed by atoms with E-state index in [0.717, 1.165) is 18.9 Å². The Balaban J connectivity index is 0.00000370. The zero-order chi connectivity index (χ0) is 27.7. The molecule has 1 saturated carbocycles. The summed E-state index contributed by atoms with van der Waals surface area (Å²) in [6, 6.07) is 11.8. The number of hydrogen-bond acceptors (Lipinski definition) is 5. The van der Waals surface area contributed by atoms with Crippen LogP contribution in [0.5, 0.6) is 17.2 Å². The molecule has 2 aliphatic rings. The average Bonchev–Trinajstić information content (AvgIpc) is 3.74. The third-order valence-electron chi connectivity index (χ3n) is 6.69. The fourth-order valence-electron chi connectivity index (χ4n) is 4.52. The Morgan fingerprint density at radius 3 is 2.48 bits per heavy atom. The van der Waals surface area contributed by atoms with Crippen LogP contribution in [0.15, 0.2) is 48.5 Å². The van der Waals surface area contributed by atoms with Gasteiger partial charge in [-0.05, 0) is 67.6 Å². The number of fused-ring (bicyclic) bond motifs is 1. The van der Waals surface area contributed by atoms with Crippen LogP contribution < -0.4 is 14.8 Å². The molecule has 2 aromatic carbocycles. The van der Waals surface area contributed by atoms with Crippen LogP contribution in [0.3, 0.4) is 0 Å². The summed E-state index contributed by atoms with van der Waals surface area (Å²) in [6.07, 6.45) is -2.14. The van der Waals surface area contributed by atoms with E-state index >= 15 is 0 Å². The number of nitrogens with one attached hydrogen (secondary N) is 1. The van der Waals surface area contributed by atoms with Crippen LogP contribution in [0.4, 0.5) is 13.2 Å². The molecule has 1 radical (unpaired) electrons. The normalized spacial score (nSPS) is 16.2. The van der Waals surface area contributed by atoms with E-state index in [-0.39, 0.29) is 65.3 Å². The number of aliphatic carboxylic acids is 1. The van der Waals surface area contributed by atoms with Crippen molar-refractivity contribution in [2.45, 2.75) is 43.7 Å². The predicted molar refractivity (Wildman–Crippen MR) is 141 cm³/mol. The fourth-order valence-corrected chi connectivity index (χ4v) is 4.73. The minimum Gasteiger partial charge on any atom is -0.493 e. The molecule has 1 aromatic heterocycles. The van der Waals surface area contributed by atoms with Gasteiger partial charge in [0.25, 0.3) is 5.91 Å². The van der Waals surface area contributed by atoms with Crippen LogP contribution in [0.2, 0.25) is 5.02 Å². The second-order valence-corrected chi connectivity index (χ2v) is 9.90. The Hall–Kier alpha value is -2.79. The number of carboxylic acids is 1. The monoisotopic (exact) mass is 583 g/mol. The maximum Gasteiger partial charge on any atom is 0.433 e. The van der Waals surface area contributed by atoms with E-state index in [2.05, 4.69) is 10.3 Å². The first-order valence-electron chi connectivity index (χ1n) is 12.4. The molecule has 0 saturated heterocycles. The molecule has 1 aliphatic heterocycles. The molecule has 1 atom stereocenters. The van der Waals surface area contributed by atoms with Gasteiger partial charge in [0.15, 0.2) is 0 Å². The minimum absolute atomic E-state index is 0. The molecule has 2 N–H and O–H groups in total. The van der Waals surface area contributed by atoms with Crippen molar-refractivity contribution in [3.05, 3.63) is 81.6 Å².